The Kier molecular flexibility index (Phi) is 5.76. The fourth-order valence-electron chi connectivity index (χ4n) is 2.82. The van der Waals surface area contributed by atoms with Crippen molar-refractivity contribution in [3.05, 3.63) is 76.2 Å². The van der Waals surface area contributed by atoms with Crippen molar-refractivity contribution in [3.63, 3.8) is 0 Å². The predicted molar refractivity (Wildman–Crippen MR) is 116 cm³/mol. The Morgan fingerprint density at radius 1 is 1.21 bits per heavy atom. The molecule has 8 heteroatoms. The van der Waals surface area contributed by atoms with E-state index in [9.17, 15) is 4.79 Å². The molecule has 0 fully saturated rings. The van der Waals surface area contributed by atoms with Crippen LogP contribution < -0.4 is 9.64 Å². The summed E-state index contributed by atoms with van der Waals surface area (Å²) in [5.41, 5.74) is 1.94. The third kappa shape index (κ3) is 4.40. The number of para-hydroxylation sites is 1. The number of furan rings is 1. The second-order valence-corrected chi connectivity index (χ2v) is 8.19. The van der Waals surface area contributed by atoms with E-state index in [2.05, 4.69) is 4.98 Å². The monoisotopic (exact) mass is 446 g/mol. The molecule has 0 N–H and O–H groups in total. The van der Waals surface area contributed by atoms with Gasteiger partial charge in [0.2, 0.25) is 0 Å². The third-order valence-electron chi connectivity index (χ3n) is 4.28. The Balaban J connectivity index is 1.60. The van der Waals surface area contributed by atoms with E-state index in [0.717, 1.165) is 15.8 Å². The number of ether oxygens (including phenoxy) is 1. The smallest absolute Gasteiger partial charge is 0.267 e. The zero-order valence-corrected chi connectivity index (χ0v) is 17.7. The second-order valence-electron chi connectivity index (χ2n) is 6.34. The molecule has 0 saturated carbocycles. The number of fused-ring (bicyclic) bond motifs is 1. The van der Waals surface area contributed by atoms with Gasteiger partial charge >= 0.3 is 0 Å². The van der Waals surface area contributed by atoms with E-state index in [1.165, 1.54) is 11.3 Å². The highest BCUT2D eigenvalue weighted by Crippen LogP contribution is 2.32. The lowest BCUT2D eigenvalue weighted by molar-refractivity contribution is -0.120. The maximum atomic E-state index is 13.0. The van der Waals surface area contributed by atoms with Gasteiger partial charge in [-0.3, -0.25) is 9.69 Å². The minimum absolute atomic E-state index is 0.197. The van der Waals surface area contributed by atoms with Crippen molar-refractivity contribution in [1.29, 1.82) is 0 Å². The summed E-state index contributed by atoms with van der Waals surface area (Å²) in [5, 5.41) is 1.43. The largest absolute Gasteiger partial charge is 0.482 e. The van der Waals surface area contributed by atoms with E-state index >= 15 is 0 Å². The summed E-state index contributed by atoms with van der Waals surface area (Å²) >= 11 is 13.5. The third-order valence-corrected chi connectivity index (χ3v) is 5.85. The number of rotatable bonds is 6. The van der Waals surface area contributed by atoms with Crippen molar-refractivity contribution in [2.45, 2.75) is 13.5 Å². The molecule has 5 nitrogen and oxygen atoms in total. The molecule has 0 aliphatic carbocycles. The fraction of sp³-hybridized carbons (Fsp3) is 0.143. The van der Waals surface area contributed by atoms with Gasteiger partial charge in [0.25, 0.3) is 5.91 Å². The highest BCUT2D eigenvalue weighted by molar-refractivity contribution is 7.22. The van der Waals surface area contributed by atoms with E-state index < -0.39 is 0 Å². The van der Waals surface area contributed by atoms with E-state index in [0.29, 0.717) is 26.7 Å². The number of aryl methyl sites for hydroxylation is 1. The first-order chi connectivity index (χ1) is 14.0. The molecule has 0 aliphatic rings. The van der Waals surface area contributed by atoms with Crippen LogP contribution in [-0.2, 0) is 11.3 Å². The second kappa shape index (κ2) is 8.45. The molecule has 0 unspecified atom stereocenters. The standard InChI is InChI=1S/C21H16Cl2N2O3S/c1-13-4-2-6-18-20(13)24-21(29-18)25(11-15-5-3-9-27-15)19(26)12-28-17-8-7-14(22)10-16(17)23/h2-10H,11-12H2,1H3. The van der Waals surface area contributed by atoms with Crippen LogP contribution in [-0.4, -0.2) is 17.5 Å². The number of aromatic nitrogens is 1. The maximum Gasteiger partial charge on any atom is 0.267 e. The number of hydrogen-bond donors (Lipinski definition) is 0. The number of nitrogens with zero attached hydrogens (tertiary/aromatic N) is 2. The Hall–Kier alpha value is -2.54. The van der Waals surface area contributed by atoms with Crippen LogP contribution in [0.15, 0.2) is 59.2 Å². The molecule has 29 heavy (non-hydrogen) atoms. The zero-order valence-electron chi connectivity index (χ0n) is 15.4. The van der Waals surface area contributed by atoms with Gasteiger partial charge in [0.05, 0.1) is 28.0 Å². The summed E-state index contributed by atoms with van der Waals surface area (Å²) < 4.78 is 12.1. The van der Waals surface area contributed by atoms with Crippen LogP contribution in [0.4, 0.5) is 5.13 Å². The van der Waals surface area contributed by atoms with Crippen LogP contribution in [0.1, 0.15) is 11.3 Å². The first-order valence-electron chi connectivity index (χ1n) is 8.78. The molecule has 0 spiro atoms. The molecule has 0 saturated heterocycles. The molecule has 4 rings (SSSR count). The van der Waals surface area contributed by atoms with E-state index in [-0.39, 0.29) is 19.1 Å². The molecule has 0 bridgehead atoms. The summed E-state index contributed by atoms with van der Waals surface area (Å²) in [6.45, 7) is 2.05. The molecule has 0 radical (unpaired) electrons. The first-order valence-corrected chi connectivity index (χ1v) is 10.4. The average molecular weight is 447 g/mol. The van der Waals surface area contributed by atoms with Gasteiger partial charge in [-0.2, -0.15) is 0 Å². The van der Waals surface area contributed by atoms with Gasteiger partial charge in [-0.05, 0) is 48.9 Å². The van der Waals surface area contributed by atoms with Gasteiger partial charge in [0.15, 0.2) is 11.7 Å². The lowest BCUT2D eigenvalue weighted by atomic mass is 10.2. The van der Waals surface area contributed by atoms with Crippen LogP contribution in [0.3, 0.4) is 0 Å². The molecule has 2 heterocycles. The summed E-state index contributed by atoms with van der Waals surface area (Å²) in [5.74, 6) is 0.783. The van der Waals surface area contributed by atoms with E-state index in [1.54, 1.807) is 35.4 Å². The zero-order chi connectivity index (χ0) is 20.4. The Bertz CT molecular complexity index is 1160. The molecule has 148 valence electrons. The molecule has 1 amide bonds. The van der Waals surface area contributed by atoms with Gasteiger partial charge in [-0.1, -0.05) is 46.7 Å². The van der Waals surface area contributed by atoms with Crippen molar-refractivity contribution in [2.24, 2.45) is 0 Å². The van der Waals surface area contributed by atoms with Gasteiger partial charge < -0.3 is 9.15 Å². The highest BCUT2D eigenvalue weighted by Gasteiger charge is 2.22. The molecular formula is C21H16Cl2N2O3S. The molecular weight excluding hydrogens is 431 g/mol. The SMILES string of the molecule is Cc1cccc2sc(N(Cc3ccco3)C(=O)COc3ccc(Cl)cc3Cl)nc12. The van der Waals surface area contributed by atoms with E-state index in [1.807, 2.05) is 31.2 Å². The number of halogens is 2. The minimum Gasteiger partial charge on any atom is -0.482 e. The van der Waals surface area contributed by atoms with E-state index in [4.69, 9.17) is 32.4 Å². The topological polar surface area (TPSA) is 55.6 Å². The lowest BCUT2D eigenvalue weighted by Gasteiger charge is -2.19. The lowest BCUT2D eigenvalue weighted by Crippen LogP contribution is -2.34. The fourth-order valence-corrected chi connectivity index (χ4v) is 4.34. The van der Waals surface area contributed by atoms with Crippen LogP contribution >= 0.6 is 34.5 Å². The van der Waals surface area contributed by atoms with Crippen molar-refractivity contribution in [2.75, 3.05) is 11.5 Å². The van der Waals surface area contributed by atoms with Crippen LogP contribution in [0.2, 0.25) is 10.0 Å². The van der Waals surface area contributed by atoms with Crippen LogP contribution in [0, 0.1) is 6.92 Å². The number of thiazole rings is 1. The minimum atomic E-state index is -0.260. The predicted octanol–water partition coefficient (Wildman–Crippen LogP) is 6.12. The summed E-state index contributed by atoms with van der Waals surface area (Å²) in [6, 6.07) is 14.4. The van der Waals surface area contributed by atoms with Gasteiger partial charge in [-0.15, -0.1) is 0 Å². The number of anilines is 1. The molecule has 2 aromatic carbocycles. The Morgan fingerprint density at radius 2 is 2.07 bits per heavy atom. The van der Waals surface area contributed by atoms with Gasteiger partial charge in [-0.25, -0.2) is 4.98 Å². The first kappa shape index (κ1) is 19.8. The number of hydrogen-bond acceptors (Lipinski definition) is 5. The summed E-state index contributed by atoms with van der Waals surface area (Å²) in [7, 11) is 0. The number of amides is 1. The maximum absolute atomic E-state index is 13.0. The average Bonchev–Trinajstić information content (AvgIpc) is 3.35. The summed E-state index contributed by atoms with van der Waals surface area (Å²) in [6.07, 6.45) is 1.57. The molecule has 0 aliphatic heterocycles. The van der Waals surface area contributed by atoms with Gasteiger partial charge in [0.1, 0.15) is 11.5 Å². The number of carbonyl (C=O) groups excluding carboxylic acids is 1. The highest BCUT2D eigenvalue weighted by atomic mass is 35.5. The van der Waals surface area contributed by atoms with Crippen LogP contribution in [0.25, 0.3) is 10.2 Å². The number of carbonyl (C=O) groups is 1. The van der Waals surface area contributed by atoms with Crippen molar-refractivity contribution >= 4 is 55.8 Å². The quantitative estimate of drug-likeness (QED) is 0.358. The van der Waals surface area contributed by atoms with Crippen molar-refractivity contribution < 1.29 is 13.9 Å². The number of benzene rings is 2. The van der Waals surface area contributed by atoms with Crippen molar-refractivity contribution in [1.82, 2.24) is 4.98 Å². The normalized spacial score (nSPS) is 11.0. The Morgan fingerprint density at radius 3 is 2.79 bits per heavy atom. The van der Waals surface area contributed by atoms with Crippen LogP contribution in [0.5, 0.6) is 5.75 Å². The molecule has 0 atom stereocenters. The van der Waals surface area contributed by atoms with Gasteiger partial charge in [0, 0.05) is 5.02 Å². The van der Waals surface area contributed by atoms with Crippen molar-refractivity contribution in [3.8, 4) is 5.75 Å². The molecule has 2 aromatic heterocycles. The Labute approximate surface area is 181 Å². The summed E-state index contributed by atoms with van der Waals surface area (Å²) in [4.78, 5) is 19.3. The molecule has 4 aromatic rings.